The highest BCUT2D eigenvalue weighted by Crippen LogP contribution is 2.19. The molecule has 1 aliphatic heterocycles. The van der Waals surface area contributed by atoms with Crippen LogP contribution in [0.1, 0.15) is 6.42 Å². The molecule has 0 N–H and O–H groups in total. The molecule has 3 nitrogen and oxygen atoms in total. The molecule has 2 aromatic rings. The molecule has 94 valence electrons. The minimum atomic E-state index is -0.254. The van der Waals surface area contributed by atoms with E-state index in [-0.39, 0.29) is 17.5 Å². The molecule has 18 heavy (non-hydrogen) atoms. The van der Waals surface area contributed by atoms with Gasteiger partial charge in [0.2, 0.25) is 0 Å². The number of hydrogen-bond acceptors (Lipinski definition) is 2. The average Bonchev–Trinajstić information content (AvgIpc) is 2.98. The van der Waals surface area contributed by atoms with E-state index in [1.165, 1.54) is 12.1 Å². The van der Waals surface area contributed by atoms with E-state index < -0.39 is 0 Å². The number of ketones is 1. The van der Waals surface area contributed by atoms with Gasteiger partial charge in [-0.3, -0.25) is 4.79 Å². The maximum Gasteiger partial charge on any atom is 0.157 e. The van der Waals surface area contributed by atoms with Gasteiger partial charge in [-0.2, -0.15) is 0 Å². The molecule has 2 heterocycles. The molecule has 4 heteroatoms. The number of halogens is 1. The zero-order valence-corrected chi connectivity index (χ0v) is 9.93. The molecule has 1 aliphatic rings. The quantitative estimate of drug-likeness (QED) is 0.834. The molecule has 0 radical (unpaired) electrons. The molecule has 1 saturated heterocycles. The first-order valence-corrected chi connectivity index (χ1v) is 6.09. The zero-order valence-electron chi connectivity index (χ0n) is 9.93. The van der Waals surface area contributed by atoms with E-state index in [0.29, 0.717) is 19.8 Å². The number of carbonyl (C=O) groups excluding carboxylic acids is 1. The molecule has 1 aromatic heterocycles. The fourth-order valence-electron chi connectivity index (χ4n) is 2.39. The Morgan fingerprint density at radius 1 is 1.44 bits per heavy atom. The Labute approximate surface area is 104 Å². The molecule has 0 amide bonds. The summed E-state index contributed by atoms with van der Waals surface area (Å²) in [5.74, 6) is -0.0482. The number of hydrogen-bond donors (Lipinski definition) is 0. The largest absolute Gasteiger partial charge is 0.381 e. The van der Waals surface area contributed by atoms with Crippen molar-refractivity contribution in [3.05, 3.63) is 36.3 Å². The van der Waals surface area contributed by atoms with Gasteiger partial charge in [0.05, 0.1) is 13.2 Å². The highest BCUT2D eigenvalue weighted by atomic mass is 19.1. The smallest absolute Gasteiger partial charge is 0.157 e. The van der Waals surface area contributed by atoms with Crippen molar-refractivity contribution in [3.63, 3.8) is 0 Å². The van der Waals surface area contributed by atoms with E-state index in [1.807, 2.05) is 16.8 Å². The third-order valence-electron chi connectivity index (χ3n) is 3.44. The standard InChI is InChI=1S/C14H14FNO2/c15-12-1-2-13-10(7-12)3-5-16(13)8-14(17)11-4-6-18-9-11/h1-3,5,7,11H,4,6,8-9H2. The maximum absolute atomic E-state index is 13.1. The normalized spacial score (nSPS) is 19.5. The number of aromatic nitrogens is 1. The fraction of sp³-hybridized carbons (Fsp3) is 0.357. The fourth-order valence-corrected chi connectivity index (χ4v) is 2.39. The first-order chi connectivity index (χ1) is 8.74. The Morgan fingerprint density at radius 2 is 2.33 bits per heavy atom. The SMILES string of the molecule is O=C(Cn1ccc2cc(F)ccc21)C1CCOC1. The van der Waals surface area contributed by atoms with Gasteiger partial charge >= 0.3 is 0 Å². The van der Waals surface area contributed by atoms with Gasteiger partial charge in [-0.05, 0) is 30.7 Å². The summed E-state index contributed by atoms with van der Waals surface area (Å²) in [6.07, 6.45) is 2.64. The van der Waals surface area contributed by atoms with Crippen LogP contribution in [0.2, 0.25) is 0 Å². The summed E-state index contributed by atoms with van der Waals surface area (Å²) < 4.78 is 20.2. The third-order valence-corrected chi connectivity index (χ3v) is 3.44. The molecular weight excluding hydrogens is 233 g/mol. The van der Waals surface area contributed by atoms with Crippen LogP contribution in [-0.4, -0.2) is 23.6 Å². The number of nitrogens with zero attached hydrogens (tertiary/aromatic N) is 1. The van der Waals surface area contributed by atoms with E-state index in [2.05, 4.69) is 0 Å². The number of rotatable bonds is 3. The molecule has 0 aliphatic carbocycles. The second kappa shape index (κ2) is 4.53. The van der Waals surface area contributed by atoms with Gasteiger partial charge in [-0.25, -0.2) is 4.39 Å². The van der Waals surface area contributed by atoms with Crippen LogP contribution in [0.15, 0.2) is 30.5 Å². The predicted molar refractivity (Wildman–Crippen MR) is 65.8 cm³/mol. The first kappa shape index (κ1) is 11.4. The molecule has 1 atom stereocenters. The van der Waals surface area contributed by atoms with E-state index >= 15 is 0 Å². The summed E-state index contributed by atoms with van der Waals surface area (Å²) >= 11 is 0. The molecule has 0 spiro atoms. The van der Waals surface area contributed by atoms with E-state index in [4.69, 9.17) is 4.74 Å². The Morgan fingerprint density at radius 3 is 3.11 bits per heavy atom. The van der Waals surface area contributed by atoms with Gasteiger partial charge in [-0.1, -0.05) is 0 Å². The molecule has 0 saturated carbocycles. The van der Waals surface area contributed by atoms with Gasteiger partial charge in [0.15, 0.2) is 5.78 Å². The summed E-state index contributed by atoms with van der Waals surface area (Å²) in [5, 5.41) is 0.825. The van der Waals surface area contributed by atoms with Crippen molar-refractivity contribution in [2.24, 2.45) is 5.92 Å². The highest BCUT2D eigenvalue weighted by Gasteiger charge is 2.23. The summed E-state index contributed by atoms with van der Waals surface area (Å²) in [5.41, 5.74) is 0.892. The summed E-state index contributed by atoms with van der Waals surface area (Å²) in [6, 6.07) is 6.44. The number of Topliss-reactive ketones (excluding diaryl/α,β-unsaturated/α-hetero) is 1. The Kier molecular flexibility index (Phi) is 2.88. The van der Waals surface area contributed by atoms with Gasteiger partial charge in [0.1, 0.15) is 5.82 Å². The van der Waals surface area contributed by atoms with Crippen molar-refractivity contribution < 1.29 is 13.9 Å². The molecular formula is C14H14FNO2. The van der Waals surface area contributed by atoms with Crippen LogP contribution in [0.4, 0.5) is 4.39 Å². The number of carbonyl (C=O) groups is 1. The van der Waals surface area contributed by atoms with Crippen molar-refractivity contribution in [1.82, 2.24) is 4.57 Å². The van der Waals surface area contributed by atoms with Crippen molar-refractivity contribution >= 4 is 16.7 Å². The van der Waals surface area contributed by atoms with Gasteiger partial charge in [-0.15, -0.1) is 0 Å². The minimum Gasteiger partial charge on any atom is -0.381 e. The second-order valence-corrected chi connectivity index (χ2v) is 4.67. The molecule has 1 aromatic carbocycles. The average molecular weight is 247 g/mol. The van der Waals surface area contributed by atoms with Crippen LogP contribution >= 0.6 is 0 Å². The van der Waals surface area contributed by atoms with Crippen LogP contribution in [0.3, 0.4) is 0 Å². The predicted octanol–water partition coefficient (Wildman–Crippen LogP) is 2.39. The lowest BCUT2D eigenvalue weighted by Crippen LogP contribution is -2.19. The van der Waals surface area contributed by atoms with E-state index in [9.17, 15) is 9.18 Å². The van der Waals surface area contributed by atoms with Crippen molar-refractivity contribution in [2.75, 3.05) is 13.2 Å². The maximum atomic E-state index is 13.1. The van der Waals surface area contributed by atoms with Gasteiger partial charge in [0, 0.05) is 29.6 Å². The van der Waals surface area contributed by atoms with Crippen LogP contribution in [0.25, 0.3) is 10.9 Å². The minimum absolute atomic E-state index is 0.0166. The monoisotopic (exact) mass is 247 g/mol. The van der Waals surface area contributed by atoms with Crippen molar-refractivity contribution in [1.29, 1.82) is 0 Å². The second-order valence-electron chi connectivity index (χ2n) is 4.67. The molecule has 0 bridgehead atoms. The van der Waals surface area contributed by atoms with Crippen LogP contribution in [0.5, 0.6) is 0 Å². The van der Waals surface area contributed by atoms with Crippen molar-refractivity contribution in [3.8, 4) is 0 Å². The lowest BCUT2D eigenvalue weighted by molar-refractivity contribution is -0.123. The zero-order chi connectivity index (χ0) is 12.5. The molecule has 1 fully saturated rings. The number of fused-ring (bicyclic) bond motifs is 1. The summed E-state index contributed by atoms with van der Waals surface area (Å²) in [4.78, 5) is 12.0. The highest BCUT2D eigenvalue weighted by molar-refractivity contribution is 5.85. The lowest BCUT2D eigenvalue weighted by Gasteiger charge is -2.08. The Bertz CT molecular complexity index is 584. The summed E-state index contributed by atoms with van der Waals surface area (Å²) in [7, 11) is 0. The Balaban J connectivity index is 1.84. The van der Waals surface area contributed by atoms with Crippen molar-refractivity contribution in [2.45, 2.75) is 13.0 Å². The third kappa shape index (κ3) is 2.04. The van der Waals surface area contributed by atoms with Crippen LogP contribution in [-0.2, 0) is 16.1 Å². The topological polar surface area (TPSA) is 31.2 Å². The van der Waals surface area contributed by atoms with Gasteiger partial charge < -0.3 is 9.30 Å². The first-order valence-electron chi connectivity index (χ1n) is 6.09. The lowest BCUT2D eigenvalue weighted by atomic mass is 10.0. The summed E-state index contributed by atoms with van der Waals surface area (Å²) in [6.45, 7) is 1.55. The number of benzene rings is 1. The molecule has 3 rings (SSSR count). The van der Waals surface area contributed by atoms with Gasteiger partial charge in [0.25, 0.3) is 0 Å². The van der Waals surface area contributed by atoms with Crippen LogP contribution in [0, 0.1) is 11.7 Å². The number of ether oxygens (including phenoxy) is 1. The molecule has 1 unspecified atom stereocenters. The Hall–Kier alpha value is -1.68. The van der Waals surface area contributed by atoms with Crippen LogP contribution < -0.4 is 0 Å². The van der Waals surface area contributed by atoms with E-state index in [0.717, 1.165) is 17.3 Å². The van der Waals surface area contributed by atoms with E-state index in [1.54, 1.807) is 6.07 Å².